The van der Waals surface area contributed by atoms with E-state index in [9.17, 15) is 14.0 Å². The molecule has 0 saturated carbocycles. The van der Waals surface area contributed by atoms with Gasteiger partial charge in [0.1, 0.15) is 11.4 Å². The van der Waals surface area contributed by atoms with E-state index in [-0.39, 0.29) is 27.7 Å². The molecule has 0 aliphatic heterocycles. The van der Waals surface area contributed by atoms with Gasteiger partial charge < -0.3 is 4.42 Å². The van der Waals surface area contributed by atoms with Crippen LogP contribution in [0, 0.1) is 12.7 Å². The van der Waals surface area contributed by atoms with E-state index in [1.165, 1.54) is 23.9 Å². The molecule has 0 fully saturated rings. The number of carbonyl (C=O) groups excluding carboxylic acids is 1. The molecule has 0 unspecified atom stereocenters. The summed E-state index contributed by atoms with van der Waals surface area (Å²) in [6, 6.07) is 10.7. The number of nitrogens with one attached hydrogen (secondary N) is 1. The summed E-state index contributed by atoms with van der Waals surface area (Å²) in [4.78, 5) is 24.8. The highest BCUT2D eigenvalue weighted by atomic mass is 35.5. The van der Waals surface area contributed by atoms with Gasteiger partial charge in [-0.15, -0.1) is 10.2 Å². The van der Waals surface area contributed by atoms with E-state index in [0.717, 1.165) is 23.0 Å². The number of rotatable bonds is 5. The predicted octanol–water partition coefficient (Wildman–Crippen LogP) is 5.29. The Bertz CT molecular complexity index is 1320. The summed E-state index contributed by atoms with van der Waals surface area (Å²) in [5.74, 6) is -0.671. The molecular formula is C20H13ClFN3O3S2. The molecule has 0 aliphatic rings. The van der Waals surface area contributed by atoms with E-state index in [4.69, 9.17) is 16.0 Å². The molecule has 0 atom stereocenters. The summed E-state index contributed by atoms with van der Waals surface area (Å²) in [5, 5.41) is 11.4. The largest absolute Gasteiger partial charge is 0.451 e. The summed E-state index contributed by atoms with van der Waals surface area (Å²) in [6.07, 6.45) is 0. The van der Waals surface area contributed by atoms with Crippen molar-refractivity contribution in [3.8, 4) is 0 Å². The summed E-state index contributed by atoms with van der Waals surface area (Å²) in [6.45, 7) is 1.77. The van der Waals surface area contributed by atoms with E-state index in [1.807, 2.05) is 0 Å². The van der Waals surface area contributed by atoms with Gasteiger partial charge in [0, 0.05) is 16.8 Å². The monoisotopic (exact) mass is 461 g/mol. The van der Waals surface area contributed by atoms with Gasteiger partial charge in [-0.25, -0.2) is 4.39 Å². The number of amides is 1. The van der Waals surface area contributed by atoms with Gasteiger partial charge in [-0.3, -0.25) is 14.9 Å². The SMILES string of the molecule is Cc1cc2oc(C(=O)Nc3nnc(SCc4ccccc4F)s3)cc(=O)c2cc1Cl. The number of hydrogen-bond acceptors (Lipinski definition) is 7. The molecule has 2 heterocycles. The molecule has 152 valence electrons. The maximum absolute atomic E-state index is 13.7. The van der Waals surface area contributed by atoms with Crippen LogP contribution in [-0.2, 0) is 5.75 Å². The molecule has 0 bridgehead atoms. The molecule has 1 N–H and O–H groups in total. The fourth-order valence-corrected chi connectivity index (χ4v) is 4.52. The standard InChI is InChI=1S/C20H13ClFN3O3S2/c1-10-6-16-12(7-13(10)21)15(26)8-17(28-16)18(27)23-19-24-25-20(30-19)29-9-11-4-2-3-5-14(11)22/h2-8H,9H2,1H3,(H,23,24,27). The first-order valence-corrected chi connectivity index (χ1v) is 10.8. The lowest BCUT2D eigenvalue weighted by Gasteiger charge is -2.04. The van der Waals surface area contributed by atoms with Crippen molar-refractivity contribution in [2.75, 3.05) is 5.32 Å². The van der Waals surface area contributed by atoms with Crippen LogP contribution >= 0.6 is 34.7 Å². The molecule has 4 aromatic rings. The Balaban J connectivity index is 1.49. The normalized spacial score (nSPS) is 11.0. The van der Waals surface area contributed by atoms with Gasteiger partial charge in [0.2, 0.25) is 5.13 Å². The number of thioether (sulfide) groups is 1. The van der Waals surface area contributed by atoms with Gasteiger partial charge in [0.15, 0.2) is 15.5 Å². The highest BCUT2D eigenvalue weighted by molar-refractivity contribution is 8.00. The zero-order chi connectivity index (χ0) is 21.3. The first-order valence-electron chi connectivity index (χ1n) is 8.66. The van der Waals surface area contributed by atoms with Crippen molar-refractivity contribution in [2.45, 2.75) is 17.0 Å². The van der Waals surface area contributed by atoms with Crippen LogP contribution in [0.15, 0.2) is 56.0 Å². The third-order valence-corrected chi connectivity index (χ3v) is 6.60. The van der Waals surface area contributed by atoms with E-state index in [2.05, 4.69) is 15.5 Å². The summed E-state index contributed by atoms with van der Waals surface area (Å²) in [7, 11) is 0. The number of hydrogen-bond donors (Lipinski definition) is 1. The first-order chi connectivity index (χ1) is 14.4. The summed E-state index contributed by atoms with van der Waals surface area (Å²) >= 11 is 8.50. The van der Waals surface area contributed by atoms with Crippen LogP contribution in [0.3, 0.4) is 0 Å². The van der Waals surface area contributed by atoms with Crippen molar-refractivity contribution in [1.29, 1.82) is 0 Å². The van der Waals surface area contributed by atoms with E-state index >= 15 is 0 Å². The van der Waals surface area contributed by atoms with Gasteiger partial charge >= 0.3 is 0 Å². The fourth-order valence-electron chi connectivity index (χ4n) is 2.62. The molecule has 0 spiro atoms. The second-order valence-corrected chi connectivity index (χ2v) is 8.89. The van der Waals surface area contributed by atoms with Crippen molar-refractivity contribution < 1.29 is 13.6 Å². The van der Waals surface area contributed by atoms with Crippen molar-refractivity contribution >= 4 is 56.7 Å². The number of nitrogens with zero attached hydrogens (tertiary/aromatic N) is 2. The minimum atomic E-state index is -0.622. The molecule has 2 aromatic heterocycles. The molecule has 2 aromatic carbocycles. The minimum Gasteiger partial charge on any atom is -0.451 e. The van der Waals surface area contributed by atoms with Crippen LogP contribution in [-0.4, -0.2) is 16.1 Å². The average Bonchev–Trinajstić information content (AvgIpc) is 3.16. The molecular weight excluding hydrogens is 449 g/mol. The molecule has 30 heavy (non-hydrogen) atoms. The molecule has 0 saturated heterocycles. The Morgan fingerprint density at radius 1 is 1.27 bits per heavy atom. The van der Waals surface area contributed by atoms with Gasteiger partial charge in [0.05, 0.1) is 5.39 Å². The van der Waals surface area contributed by atoms with Crippen LogP contribution in [0.2, 0.25) is 5.02 Å². The van der Waals surface area contributed by atoms with Crippen molar-refractivity contribution in [3.63, 3.8) is 0 Å². The molecule has 1 amide bonds. The number of fused-ring (bicyclic) bond motifs is 1. The topological polar surface area (TPSA) is 85.1 Å². The second kappa shape index (κ2) is 8.55. The molecule has 10 heteroatoms. The third kappa shape index (κ3) is 4.38. The van der Waals surface area contributed by atoms with Crippen molar-refractivity contribution in [2.24, 2.45) is 0 Å². The smallest absolute Gasteiger partial charge is 0.293 e. The Hall–Kier alpha value is -2.75. The molecule has 6 nitrogen and oxygen atoms in total. The second-order valence-electron chi connectivity index (χ2n) is 6.28. The number of anilines is 1. The summed E-state index contributed by atoms with van der Waals surface area (Å²) in [5.41, 5.74) is 1.18. The van der Waals surface area contributed by atoms with Gasteiger partial charge in [0.25, 0.3) is 5.91 Å². The van der Waals surface area contributed by atoms with Crippen LogP contribution in [0.1, 0.15) is 21.7 Å². The number of halogens is 2. The molecule has 0 radical (unpaired) electrons. The maximum atomic E-state index is 13.7. The maximum Gasteiger partial charge on any atom is 0.293 e. The lowest BCUT2D eigenvalue weighted by molar-refractivity contribution is 0.0997. The highest BCUT2D eigenvalue weighted by Crippen LogP contribution is 2.29. The van der Waals surface area contributed by atoms with Gasteiger partial charge in [-0.1, -0.05) is 52.9 Å². The number of aromatic nitrogens is 2. The zero-order valence-corrected chi connectivity index (χ0v) is 17.8. The lowest BCUT2D eigenvalue weighted by Crippen LogP contribution is -2.15. The fraction of sp³-hybridized carbons (Fsp3) is 0.100. The van der Waals surface area contributed by atoms with E-state index < -0.39 is 5.91 Å². The average molecular weight is 462 g/mol. The van der Waals surface area contributed by atoms with Crippen molar-refractivity contribution in [3.05, 3.63) is 80.4 Å². The first kappa shape index (κ1) is 20.5. The third-order valence-electron chi connectivity index (χ3n) is 4.17. The van der Waals surface area contributed by atoms with Crippen LogP contribution in [0.5, 0.6) is 0 Å². The quantitative estimate of drug-likeness (QED) is 0.321. The predicted molar refractivity (Wildman–Crippen MR) is 116 cm³/mol. The van der Waals surface area contributed by atoms with Crippen LogP contribution < -0.4 is 10.7 Å². The summed E-state index contributed by atoms with van der Waals surface area (Å²) < 4.78 is 19.8. The lowest BCUT2D eigenvalue weighted by atomic mass is 10.1. The number of aryl methyl sites for hydroxylation is 1. The Labute approximate surface area is 183 Å². The van der Waals surface area contributed by atoms with Crippen LogP contribution in [0.4, 0.5) is 9.52 Å². The Kier molecular flexibility index (Phi) is 5.85. The molecule has 0 aliphatic carbocycles. The molecule has 4 rings (SSSR count). The zero-order valence-electron chi connectivity index (χ0n) is 15.4. The van der Waals surface area contributed by atoms with Crippen LogP contribution in [0.25, 0.3) is 11.0 Å². The van der Waals surface area contributed by atoms with Crippen molar-refractivity contribution in [1.82, 2.24) is 10.2 Å². The number of benzene rings is 2. The number of carbonyl (C=O) groups is 1. The Morgan fingerprint density at radius 3 is 2.87 bits per heavy atom. The Morgan fingerprint density at radius 2 is 2.07 bits per heavy atom. The highest BCUT2D eigenvalue weighted by Gasteiger charge is 2.16. The van der Waals surface area contributed by atoms with Gasteiger partial charge in [-0.2, -0.15) is 0 Å². The van der Waals surface area contributed by atoms with Gasteiger partial charge in [-0.05, 0) is 36.2 Å². The van der Waals surface area contributed by atoms with E-state index in [1.54, 1.807) is 31.2 Å². The minimum absolute atomic E-state index is 0.148. The van der Waals surface area contributed by atoms with E-state index in [0.29, 0.717) is 26.1 Å².